The number of nitrogens with zero attached hydrogens (tertiary/aromatic N) is 1. The van der Waals surface area contributed by atoms with Crippen LogP contribution in [-0.2, 0) is 4.74 Å². The van der Waals surface area contributed by atoms with Crippen molar-refractivity contribution in [1.29, 1.82) is 0 Å². The first-order valence-corrected chi connectivity index (χ1v) is 7.50. The first kappa shape index (κ1) is 13.1. The SMILES string of the molecule is C=C1CN(C(=O)OCC2c3ccccc3-c3ccccc32)C1. The Hall–Kier alpha value is -2.55. The fraction of sp³-hybridized carbons (Fsp3) is 0.211. The highest BCUT2D eigenvalue weighted by molar-refractivity contribution is 5.79. The summed E-state index contributed by atoms with van der Waals surface area (Å²) in [5.74, 6) is 0.126. The highest BCUT2D eigenvalue weighted by Gasteiger charge is 2.31. The molecule has 1 fully saturated rings. The number of ether oxygens (including phenoxy) is 1. The second-order valence-electron chi connectivity index (χ2n) is 5.91. The summed E-state index contributed by atoms with van der Waals surface area (Å²) in [6.07, 6.45) is -0.241. The Balaban J connectivity index is 1.56. The zero-order valence-corrected chi connectivity index (χ0v) is 12.3. The molecule has 3 nitrogen and oxygen atoms in total. The van der Waals surface area contributed by atoms with Crippen molar-refractivity contribution in [2.45, 2.75) is 5.92 Å². The normalized spacial score (nSPS) is 16.0. The zero-order chi connectivity index (χ0) is 15.1. The molecule has 1 saturated heterocycles. The second kappa shape index (κ2) is 5.02. The smallest absolute Gasteiger partial charge is 0.410 e. The van der Waals surface area contributed by atoms with Crippen molar-refractivity contribution >= 4 is 6.09 Å². The average Bonchev–Trinajstić information content (AvgIpc) is 2.84. The fourth-order valence-electron chi connectivity index (χ4n) is 3.31. The highest BCUT2D eigenvalue weighted by atomic mass is 16.6. The molecule has 0 spiro atoms. The van der Waals surface area contributed by atoms with Gasteiger partial charge in [-0.2, -0.15) is 0 Å². The summed E-state index contributed by atoms with van der Waals surface area (Å²) in [5.41, 5.74) is 6.05. The molecule has 2 aromatic carbocycles. The van der Waals surface area contributed by atoms with Crippen molar-refractivity contribution in [3.8, 4) is 11.1 Å². The van der Waals surface area contributed by atoms with Gasteiger partial charge in [-0.05, 0) is 27.8 Å². The summed E-state index contributed by atoms with van der Waals surface area (Å²) < 4.78 is 5.54. The van der Waals surface area contributed by atoms with E-state index < -0.39 is 0 Å². The minimum Gasteiger partial charge on any atom is -0.448 e. The van der Waals surface area contributed by atoms with E-state index in [4.69, 9.17) is 4.74 Å². The van der Waals surface area contributed by atoms with Crippen LogP contribution in [0.4, 0.5) is 4.79 Å². The number of fused-ring (bicyclic) bond motifs is 3. The molecule has 0 unspecified atom stereocenters. The number of carbonyl (C=O) groups excluding carboxylic acids is 1. The van der Waals surface area contributed by atoms with Crippen LogP contribution >= 0.6 is 0 Å². The molecule has 110 valence electrons. The summed E-state index contributed by atoms with van der Waals surface area (Å²) in [6, 6.07) is 16.7. The molecule has 22 heavy (non-hydrogen) atoms. The predicted molar refractivity (Wildman–Crippen MR) is 85.8 cm³/mol. The van der Waals surface area contributed by atoms with Crippen LogP contribution in [0.25, 0.3) is 11.1 Å². The average molecular weight is 291 g/mol. The van der Waals surface area contributed by atoms with Crippen LogP contribution in [0.5, 0.6) is 0 Å². The van der Waals surface area contributed by atoms with E-state index in [0.717, 1.165) is 5.57 Å². The molecule has 0 N–H and O–H groups in total. The number of amides is 1. The molecular formula is C19H17NO2. The second-order valence-corrected chi connectivity index (χ2v) is 5.91. The molecule has 2 aromatic rings. The van der Waals surface area contributed by atoms with E-state index in [9.17, 15) is 4.79 Å². The third-order valence-electron chi connectivity index (χ3n) is 4.42. The Bertz CT molecular complexity index is 712. The van der Waals surface area contributed by atoms with Gasteiger partial charge in [-0.1, -0.05) is 55.1 Å². The van der Waals surface area contributed by atoms with E-state index >= 15 is 0 Å². The molecule has 1 heterocycles. The largest absolute Gasteiger partial charge is 0.448 e. The lowest BCUT2D eigenvalue weighted by molar-refractivity contribution is 0.0940. The Morgan fingerprint density at radius 2 is 1.59 bits per heavy atom. The number of carbonyl (C=O) groups is 1. The number of hydrogen-bond donors (Lipinski definition) is 0. The lowest BCUT2D eigenvalue weighted by Crippen LogP contribution is -2.44. The maximum Gasteiger partial charge on any atom is 0.410 e. The molecular weight excluding hydrogens is 274 g/mol. The summed E-state index contributed by atoms with van der Waals surface area (Å²) >= 11 is 0. The van der Waals surface area contributed by atoms with Gasteiger partial charge in [0.1, 0.15) is 6.61 Å². The van der Waals surface area contributed by atoms with Gasteiger partial charge in [0.2, 0.25) is 0 Å². The van der Waals surface area contributed by atoms with Crippen molar-refractivity contribution in [3.63, 3.8) is 0 Å². The van der Waals surface area contributed by atoms with Gasteiger partial charge in [0.25, 0.3) is 0 Å². The van der Waals surface area contributed by atoms with Gasteiger partial charge in [0.05, 0.1) is 0 Å². The van der Waals surface area contributed by atoms with Crippen LogP contribution in [-0.4, -0.2) is 30.7 Å². The van der Waals surface area contributed by atoms with Crippen molar-refractivity contribution in [1.82, 2.24) is 4.90 Å². The molecule has 1 aliphatic carbocycles. The van der Waals surface area contributed by atoms with Gasteiger partial charge in [0, 0.05) is 19.0 Å². The standard InChI is InChI=1S/C19H17NO2/c1-13-10-20(11-13)19(21)22-12-18-16-8-4-2-6-14(16)15-7-3-5-9-17(15)18/h2-9,18H,1,10-12H2. The van der Waals surface area contributed by atoms with Gasteiger partial charge in [-0.15, -0.1) is 0 Å². The quantitative estimate of drug-likeness (QED) is 0.787. The Kier molecular flexibility index (Phi) is 3.00. The Labute approximate surface area is 129 Å². The minimum absolute atomic E-state index is 0.126. The first-order chi connectivity index (χ1) is 10.7. The third kappa shape index (κ3) is 2.01. The lowest BCUT2D eigenvalue weighted by atomic mass is 9.98. The molecule has 1 amide bonds. The third-order valence-corrected chi connectivity index (χ3v) is 4.42. The molecule has 4 rings (SSSR count). The van der Waals surface area contributed by atoms with Gasteiger partial charge in [-0.25, -0.2) is 4.79 Å². The van der Waals surface area contributed by atoms with Crippen LogP contribution in [0, 0.1) is 0 Å². The van der Waals surface area contributed by atoms with Gasteiger partial charge in [0.15, 0.2) is 0 Å². The summed E-state index contributed by atoms with van der Waals surface area (Å²) in [7, 11) is 0. The molecule has 3 heteroatoms. The van der Waals surface area contributed by atoms with Crippen molar-refractivity contribution in [3.05, 3.63) is 71.8 Å². The molecule has 0 aromatic heterocycles. The van der Waals surface area contributed by atoms with Crippen LogP contribution < -0.4 is 0 Å². The fourth-order valence-corrected chi connectivity index (χ4v) is 3.31. The number of likely N-dealkylation sites (tertiary alicyclic amines) is 1. The van der Waals surface area contributed by atoms with E-state index in [1.165, 1.54) is 22.3 Å². The Morgan fingerprint density at radius 3 is 2.14 bits per heavy atom. The summed E-state index contributed by atoms with van der Waals surface area (Å²) in [6.45, 7) is 5.47. The van der Waals surface area contributed by atoms with Crippen molar-refractivity contribution < 1.29 is 9.53 Å². The minimum atomic E-state index is -0.241. The molecule has 2 aliphatic rings. The Morgan fingerprint density at radius 1 is 1.05 bits per heavy atom. The van der Waals surface area contributed by atoms with E-state index in [-0.39, 0.29) is 12.0 Å². The number of rotatable bonds is 2. The molecule has 0 saturated carbocycles. The van der Waals surface area contributed by atoms with E-state index in [1.807, 2.05) is 12.1 Å². The number of hydrogen-bond acceptors (Lipinski definition) is 2. The molecule has 1 aliphatic heterocycles. The van der Waals surface area contributed by atoms with Crippen LogP contribution in [0.15, 0.2) is 60.7 Å². The summed E-state index contributed by atoms with van der Waals surface area (Å²) in [4.78, 5) is 13.7. The van der Waals surface area contributed by atoms with E-state index in [1.54, 1.807) is 4.90 Å². The summed E-state index contributed by atoms with van der Waals surface area (Å²) in [5, 5.41) is 0. The number of benzene rings is 2. The van der Waals surface area contributed by atoms with Gasteiger partial charge in [-0.3, -0.25) is 0 Å². The van der Waals surface area contributed by atoms with Crippen LogP contribution in [0.3, 0.4) is 0 Å². The van der Waals surface area contributed by atoms with Crippen molar-refractivity contribution in [2.75, 3.05) is 19.7 Å². The van der Waals surface area contributed by atoms with Crippen molar-refractivity contribution in [2.24, 2.45) is 0 Å². The maximum absolute atomic E-state index is 12.0. The predicted octanol–water partition coefficient (Wildman–Crippen LogP) is 3.81. The molecule has 0 bridgehead atoms. The monoisotopic (exact) mass is 291 g/mol. The van der Waals surface area contributed by atoms with E-state index in [0.29, 0.717) is 19.7 Å². The maximum atomic E-state index is 12.0. The van der Waals surface area contributed by atoms with Gasteiger partial charge >= 0.3 is 6.09 Å². The van der Waals surface area contributed by atoms with Crippen LogP contribution in [0.2, 0.25) is 0 Å². The zero-order valence-electron chi connectivity index (χ0n) is 12.3. The topological polar surface area (TPSA) is 29.5 Å². The van der Waals surface area contributed by atoms with Crippen LogP contribution in [0.1, 0.15) is 17.0 Å². The molecule has 0 atom stereocenters. The highest BCUT2D eigenvalue weighted by Crippen LogP contribution is 2.44. The van der Waals surface area contributed by atoms with E-state index in [2.05, 4.69) is 43.0 Å². The lowest BCUT2D eigenvalue weighted by Gasteiger charge is -2.32. The first-order valence-electron chi connectivity index (χ1n) is 7.50. The van der Waals surface area contributed by atoms with Gasteiger partial charge < -0.3 is 9.64 Å². The molecule has 0 radical (unpaired) electrons.